The fourth-order valence-corrected chi connectivity index (χ4v) is 2.93. The van der Waals surface area contributed by atoms with Gasteiger partial charge in [0, 0.05) is 35.5 Å². The summed E-state index contributed by atoms with van der Waals surface area (Å²) in [5.74, 6) is -0.654. The first kappa shape index (κ1) is 18.8. The fraction of sp³-hybridized carbons (Fsp3) is 0.286. The second-order valence-corrected chi connectivity index (χ2v) is 6.52. The number of nitrogens with one attached hydrogen (secondary N) is 2. The molecule has 1 aliphatic rings. The zero-order valence-corrected chi connectivity index (χ0v) is 15.2. The molecule has 140 valence electrons. The Labute approximate surface area is 157 Å². The van der Waals surface area contributed by atoms with Gasteiger partial charge in [-0.3, -0.25) is 14.4 Å². The molecule has 6 heteroatoms. The van der Waals surface area contributed by atoms with E-state index in [-0.39, 0.29) is 23.7 Å². The van der Waals surface area contributed by atoms with Crippen LogP contribution in [0.4, 0.5) is 5.69 Å². The molecule has 27 heavy (non-hydrogen) atoms. The number of hydrogen-bond acceptors (Lipinski definition) is 4. The predicted octanol–water partition coefficient (Wildman–Crippen LogP) is 3.05. The van der Waals surface area contributed by atoms with Gasteiger partial charge in [0.25, 0.3) is 11.8 Å². The lowest BCUT2D eigenvalue weighted by Gasteiger charge is -2.11. The maximum Gasteiger partial charge on any atom is 0.255 e. The van der Waals surface area contributed by atoms with Crippen molar-refractivity contribution in [2.24, 2.45) is 0 Å². The van der Waals surface area contributed by atoms with Gasteiger partial charge < -0.3 is 15.4 Å². The van der Waals surface area contributed by atoms with Crippen LogP contribution in [0.5, 0.6) is 0 Å². The summed E-state index contributed by atoms with van der Waals surface area (Å²) >= 11 is 0. The van der Waals surface area contributed by atoms with Gasteiger partial charge in [0.05, 0.1) is 6.10 Å². The Morgan fingerprint density at radius 3 is 2.41 bits per heavy atom. The maximum atomic E-state index is 12.5. The molecule has 0 saturated carbocycles. The van der Waals surface area contributed by atoms with Crippen molar-refractivity contribution < 1.29 is 19.1 Å². The van der Waals surface area contributed by atoms with E-state index in [0.717, 1.165) is 19.4 Å². The van der Waals surface area contributed by atoms with Crippen molar-refractivity contribution >= 4 is 23.3 Å². The molecule has 1 heterocycles. The largest absolute Gasteiger partial charge is 0.376 e. The van der Waals surface area contributed by atoms with Gasteiger partial charge in [0.2, 0.25) is 0 Å². The number of anilines is 1. The van der Waals surface area contributed by atoms with Crippen LogP contribution < -0.4 is 10.6 Å². The van der Waals surface area contributed by atoms with Crippen molar-refractivity contribution in [2.45, 2.75) is 25.9 Å². The lowest BCUT2D eigenvalue weighted by molar-refractivity contribution is 0.0857. The van der Waals surface area contributed by atoms with Gasteiger partial charge in [-0.15, -0.1) is 0 Å². The smallest absolute Gasteiger partial charge is 0.255 e. The van der Waals surface area contributed by atoms with Crippen molar-refractivity contribution in [3.63, 3.8) is 0 Å². The summed E-state index contributed by atoms with van der Waals surface area (Å²) in [6.07, 6.45) is 2.03. The third kappa shape index (κ3) is 5.01. The second kappa shape index (κ2) is 8.60. The Balaban J connectivity index is 1.65. The highest BCUT2D eigenvalue weighted by molar-refractivity contribution is 6.06. The van der Waals surface area contributed by atoms with Crippen LogP contribution in [0.15, 0.2) is 48.5 Å². The minimum atomic E-state index is -0.343. The molecule has 0 radical (unpaired) electrons. The number of hydrogen-bond donors (Lipinski definition) is 2. The first-order valence-corrected chi connectivity index (χ1v) is 8.95. The monoisotopic (exact) mass is 366 g/mol. The molecule has 3 rings (SSSR count). The highest BCUT2D eigenvalue weighted by Gasteiger charge is 2.17. The molecular weight excluding hydrogens is 344 g/mol. The Morgan fingerprint density at radius 2 is 1.70 bits per heavy atom. The van der Waals surface area contributed by atoms with E-state index in [2.05, 4.69) is 10.6 Å². The van der Waals surface area contributed by atoms with E-state index < -0.39 is 0 Å². The number of ketones is 1. The quantitative estimate of drug-likeness (QED) is 0.770. The van der Waals surface area contributed by atoms with Crippen LogP contribution in [0, 0.1) is 0 Å². The molecule has 1 atom stereocenters. The van der Waals surface area contributed by atoms with Crippen LogP contribution >= 0.6 is 0 Å². The number of Topliss-reactive ketones (excluding diaryl/α,β-unsaturated/α-hetero) is 1. The van der Waals surface area contributed by atoms with Crippen LogP contribution in [-0.4, -0.2) is 36.9 Å². The predicted molar refractivity (Wildman–Crippen MR) is 102 cm³/mol. The molecule has 0 aromatic heterocycles. The number of benzene rings is 2. The van der Waals surface area contributed by atoms with Gasteiger partial charge in [-0.1, -0.05) is 18.2 Å². The topological polar surface area (TPSA) is 84.5 Å². The number of amides is 2. The normalized spacial score (nSPS) is 16.0. The highest BCUT2D eigenvalue weighted by Crippen LogP contribution is 2.14. The van der Waals surface area contributed by atoms with Crippen molar-refractivity contribution in [3.8, 4) is 0 Å². The van der Waals surface area contributed by atoms with Gasteiger partial charge in [-0.2, -0.15) is 0 Å². The van der Waals surface area contributed by atoms with Crippen LogP contribution in [0.25, 0.3) is 0 Å². The first-order valence-electron chi connectivity index (χ1n) is 8.95. The zero-order chi connectivity index (χ0) is 19.2. The van der Waals surface area contributed by atoms with Crippen molar-refractivity contribution in [2.75, 3.05) is 18.5 Å². The fourth-order valence-electron chi connectivity index (χ4n) is 2.93. The Hall–Kier alpha value is -2.99. The van der Waals surface area contributed by atoms with Crippen molar-refractivity contribution in [3.05, 3.63) is 65.2 Å². The summed E-state index contributed by atoms with van der Waals surface area (Å²) in [6.45, 7) is 2.67. The number of rotatable bonds is 6. The van der Waals surface area contributed by atoms with E-state index in [9.17, 15) is 14.4 Å². The molecule has 0 spiro atoms. The molecule has 0 bridgehead atoms. The molecule has 1 unspecified atom stereocenters. The van der Waals surface area contributed by atoms with Crippen LogP contribution in [0.3, 0.4) is 0 Å². The summed E-state index contributed by atoms with van der Waals surface area (Å²) in [7, 11) is 0. The molecule has 0 aliphatic carbocycles. The van der Waals surface area contributed by atoms with Gasteiger partial charge in [-0.25, -0.2) is 0 Å². The molecule has 2 aromatic carbocycles. The molecule has 6 nitrogen and oxygen atoms in total. The summed E-state index contributed by atoms with van der Waals surface area (Å²) in [5.41, 5.74) is 1.84. The van der Waals surface area contributed by atoms with E-state index >= 15 is 0 Å². The van der Waals surface area contributed by atoms with Crippen molar-refractivity contribution in [1.29, 1.82) is 0 Å². The van der Waals surface area contributed by atoms with Crippen molar-refractivity contribution in [1.82, 2.24) is 5.32 Å². The van der Waals surface area contributed by atoms with Crippen LogP contribution in [0.2, 0.25) is 0 Å². The lowest BCUT2D eigenvalue weighted by atomic mass is 10.1. The van der Waals surface area contributed by atoms with E-state index in [4.69, 9.17) is 4.74 Å². The first-order chi connectivity index (χ1) is 13.0. The number of carbonyl (C=O) groups excluding carboxylic acids is 3. The minimum absolute atomic E-state index is 0.0639. The molecule has 2 amide bonds. The molecule has 1 saturated heterocycles. The third-order valence-electron chi connectivity index (χ3n) is 4.43. The highest BCUT2D eigenvalue weighted by atomic mass is 16.5. The lowest BCUT2D eigenvalue weighted by Crippen LogP contribution is -2.31. The summed E-state index contributed by atoms with van der Waals surface area (Å²) in [6, 6.07) is 13.3. The Bertz CT molecular complexity index is 857. The third-order valence-corrected chi connectivity index (χ3v) is 4.43. The second-order valence-electron chi connectivity index (χ2n) is 6.52. The van der Waals surface area contributed by atoms with Crippen LogP contribution in [-0.2, 0) is 4.74 Å². The summed E-state index contributed by atoms with van der Waals surface area (Å²) < 4.78 is 5.49. The Kier molecular flexibility index (Phi) is 5.98. The summed E-state index contributed by atoms with van der Waals surface area (Å²) in [4.78, 5) is 36.3. The Morgan fingerprint density at radius 1 is 1.00 bits per heavy atom. The average molecular weight is 366 g/mol. The van der Waals surface area contributed by atoms with E-state index in [1.807, 2.05) is 0 Å². The standard InChI is InChI=1S/C21H22N2O4/c1-14(24)15-5-3-8-18(12-15)23-21(26)17-7-2-6-16(11-17)20(25)22-13-19-9-4-10-27-19/h2-3,5-8,11-12,19H,4,9-10,13H2,1H3,(H,22,25)(H,23,26). The molecular formula is C21H22N2O4. The molecule has 2 aromatic rings. The van der Waals surface area contributed by atoms with E-state index in [1.165, 1.54) is 6.92 Å². The minimum Gasteiger partial charge on any atom is -0.376 e. The SMILES string of the molecule is CC(=O)c1cccc(NC(=O)c2cccc(C(=O)NCC3CCCO3)c2)c1. The van der Waals surface area contributed by atoms with E-state index in [0.29, 0.717) is 28.9 Å². The van der Waals surface area contributed by atoms with Gasteiger partial charge in [-0.05, 0) is 50.1 Å². The molecule has 2 N–H and O–H groups in total. The molecule has 1 aliphatic heterocycles. The van der Waals surface area contributed by atoms with Crippen LogP contribution in [0.1, 0.15) is 50.8 Å². The summed E-state index contributed by atoms with van der Waals surface area (Å²) in [5, 5.41) is 5.60. The maximum absolute atomic E-state index is 12.5. The van der Waals surface area contributed by atoms with Gasteiger partial charge >= 0.3 is 0 Å². The zero-order valence-electron chi connectivity index (χ0n) is 15.2. The number of carbonyl (C=O) groups is 3. The molecule has 1 fully saturated rings. The van der Waals surface area contributed by atoms with Gasteiger partial charge in [0.15, 0.2) is 5.78 Å². The van der Waals surface area contributed by atoms with Gasteiger partial charge in [0.1, 0.15) is 0 Å². The average Bonchev–Trinajstić information content (AvgIpc) is 3.20. The van der Waals surface area contributed by atoms with E-state index in [1.54, 1.807) is 48.5 Å². The number of ether oxygens (including phenoxy) is 1.